The molecule has 3 fully saturated rings. The fraction of sp³-hybridized carbons (Fsp3) is 0.368. The van der Waals surface area contributed by atoms with Crippen molar-refractivity contribution in [1.82, 2.24) is 43.6 Å². The zero-order valence-electron chi connectivity index (χ0n) is 54.0. The van der Waals surface area contributed by atoms with Crippen LogP contribution < -0.4 is 28.3 Å². The molecule has 105 heavy (non-hydrogen) atoms. The number of nitrogen functional groups attached to an aromatic ring is 3. The topological polar surface area (TPSA) is 656 Å². The molecular weight excluding hydrogens is 1490 g/mol. The van der Waals surface area contributed by atoms with Gasteiger partial charge in [0.1, 0.15) is 47.8 Å². The van der Waals surface area contributed by atoms with Crippen molar-refractivity contribution in [3.8, 4) is 0 Å². The Morgan fingerprint density at radius 3 is 1.22 bits per heavy atom. The van der Waals surface area contributed by atoms with E-state index in [9.17, 15) is 88.9 Å². The number of aliphatic hydroxyl groups is 5. The molecule has 48 heteroatoms. The number of benzene rings is 3. The van der Waals surface area contributed by atoms with Gasteiger partial charge in [-0.25, -0.2) is 18.7 Å². The van der Waals surface area contributed by atoms with Gasteiger partial charge in [0.15, 0.2) is 11.3 Å². The highest BCUT2D eigenvalue weighted by molar-refractivity contribution is 7.66. The second-order valence-corrected chi connectivity index (χ2v) is 28.0. The van der Waals surface area contributed by atoms with Gasteiger partial charge in [0.05, 0.1) is 125 Å². The van der Waals surface area contributed by atoms with E-state index in [1.54, 1.807) is 64.0 Å². The van der Waals surface area contributed by atoms with Gasteiger partial charge >= 0.3 is 23.5 Å². The van der Waals surface area contributed by atoms with Gasteiger partial charge in [-0.3, -0.25) is 54.4 Å². The molecule has 0 aliphatic carbocycles. The molecule has 564 valence electrons. The van der Waals surface area contributed by atoms with E-state index in [0.717, 1.165) is 0 Å². The van der Waals surface area contributed by atoms with Crippen LogP contribution in [0.4, 0.5) is 34.9 Å². The highest BCUT2D eigenvalue weighted by Crippen LogP contribution is 2.66. The quantitative estimate of drug-likeness (QED) is 0.0152. The summed E-state index contributed by atoms with van der Waals surface area (Å²) in [6, 6.07) is 18.5. The molecule has 11 atom stereocenters. The minimum Gasteiger partial charge on any atom is -0.394 e. The van der Waals surface area contributed by atoms with Gasteiger partial charge in [-0.05, 0) is 18.2 Å². The number of halogens is 1. The van der Waals surface area contributed by atoms with Crippen LogP contribution in [0, 0.1) is 30.3 Å². The van der Waals surface area contributed by atoms with Gasteiger partial charge in [-0.1, -0.05) is 48.0 Å². The second-order valence-electron chi connectivity index (χ2n) is 23.2. The number of aromatic nitrogens is 9. The number of nitrogens with two attached hydrogens (primary N) is 3. The van der Waals surface area contributed by atoms with Gasteiger partial charge in [-0.15, -0.1) is 0 Å². The van der Waals surface area contributed by atoms with Gasteiger partial charge in [-0.2, -0.15) is 23.6 Å². The Morgan fingerprint density at radius 1 is 0.514 bits per heavy atom. The summed E-state index contributed by atoms with van der Waals surface area (Å²) in [7, 11) is -16.8. The fourth-order valence-corrected chi connectivity index (χ4v) is 14.9. The van der Waals surface area contributed by atoms with Crippen LogP contribution in [0.3, 0.4) is 0 Å². The lowest BCUT2D eigenvalue weighted by molar-refractivity contribution is -0.386. The Balaban J connectivity index is 0.000000172. The Labute approximate surface area is 591 Å². The Morgan fingerprint density at radius 2 is 0.857 bits per heavy atom. The van der Waals surface area contributed by atoms with E-state index in [2.05, 4.69) is 43.0 Å². The smallest absolute Gasteiger partial charge is 0.394 e. The number of nitrogens with zero attached hydrogens (tertiary/aromatic N) is 10. The maximum atomic E-state index is 12.7. The molecule has 6 aromatic heterocycles. The molecule has 0 saturated carbocycles. The normalized spacial score (nSPS) is 21.4. The van der Waals surface area contributed by atoms with Crippen molar-refractivity contribution in [2.45, 2.75) is 114 Å². The predicted molar refractivity (Wildman–Crippen MR) is 359 cm³/mol. The van der Waals surface area contributed by atoms with E-state index in [-0.39, 0.29) is 145 Å². The number of ether oxygens (including phenoxy) is 6. The first-order valence-electron chi connectivity index (χ1n) is 30.7. The molecule has 3 aromatic carbocycles. The van der Waals surface area contributed by atoms with Gasteiger partial charge in [0, 0.05) is 72.7 Å². The summed E-state index contributed by atoms with van der Waals surface area (Å²) in [5.74, 6) is -0.366. The average molecular weight is 1550 g/mol. The van der Waals surface area contributed by atoms with Crippen LogP contribution in [0.1, 0.15) is 71.3 Å². The van der Waals surface area contributed by atoms with Crippen LogP contribution >= 0.6 is 35.1 Å². The number of para-hydroxylation sites is 3. The molecule has 0 radical (unpaired) electrons. The zero-order chi connectivity index (χ0) is 76.0. The second kappa shape index (κ2) is 33.2. The Bertz CT molecular complexity index is 4980. The molecule has 9 heterocycles. The van der Waals surface area contributed by atoms with Crippen LogP contribution in [-0.4, -0.2) is 160 Å². The van der Waals surface area contributed by atoms with Gasteiger partial charge < -0.3 is 104 Å². The maximum Gasteiger partial charge on any atom is 0.490 e. The molecule has 3 aliphatic rings. The van der Waals surface area contributed by atoms with Crippen LogP contribution in [0.25, 0.3) is 33.1 Å². The number of aromatic amines is 2. The van der Waals surface area contributed by atoms with Gasteiger partial charge in [0.25, 0.3) is 28.2 Å². The van der Waals surface area contributed by atoms with E-state index < -0.39 is 111 Å². The summed E-state index contributed by atoms with van der Waals surface area (Å²) in [4.78, 5) is 115. The fourth-order valence-electron chi connectivity index (χ4n) is 11.5. The summed E-state index contributed by atoms with van der Waals surface area (Å²) < 4.78 is 84.8. The van der Waals surface area contributed by atoms with Crippen molar-refractivity contribution in [1.29, 1.82) is 0 Å². The molecule has 9 aromatic rings. The number of hydrogen-bond donors (Lipinski definition) is 14. The Kier molecular flexibility index (Phi) is 24.8. The number of fused-ring (bicyclic) bond motifs is 3. The molecule has 0 amide bonds. The van der Waals surface area contributed by atoms with E-state index >= 15 is 0 Å². The standard InChI is InChI=1S/C19H20ClN5O6.C19H24N5O16P3.C19H21N5O7/c20-17-16-11(9-30-8-10-3-1-2-4-12(10)25(28)29)6-24(18(16)23-19(21)22-17)15-5-13(27)14(7-26)31-15;20-19-21-17-16(18(26)22-19)11(8-36-7-10-3-1-2-4-12(10)24(27)28)6-23(17)15-5-13(25)14(38-15)9-37-42(32,33)40-43(34,35)39-41(29,30)31;20-19-21-17-16(18(27)22-19)11(6-23(17)15-5-13(26)14(7-25)31-15)9-30-8-10-3-1-2-4-12(10)24(28)29/h1-4,6,13-15,26-27H,5,7-9H2,(H2,21,22,23);1-4,6,13-15,25H,5,7-9H2,(H,32,33)(H,34,35)(H2,29,30,31)(H3,20,21,22,26);1-4,6,13-15,25-26H,5,7-9H2,(H3,20,21,22,27)/t3*13?,14-,15-/m111/s1. The van der Waals surface area contributed by atoms with Crippen molar-refractivity contribution in [2.24, 2.45) is 0 Å². The third-order valence-electron chi connectivity index (χ3n) is 16.1. The number of nitro groups is 3. The first-order valence-corrected chi connectivity index (χ1v) is 35.6. The predicted octanol–water partition coefficient (Wildman–Crippen LogP) is 3.43. The molecule has 0 spiro atoms. The average Bonchev–Trinajstić information content (AvgIpc) is 1.63. The summed E-state index contributed by atoms with van der Waals surface area (Å²) in [5.41, 5.74) is 19.0. The van der Waals surface area contributed by atoms with Crippen molar-refractivity contribution in [3.05, 3.63) is 181 Å². The van der Waals surface area contributed by atoms with Gasteiger partial charge in [0.2, 0.25) is 17.8 Å². The maximum absolute atomic E-state index is 12.7. The van der Waals surface area contributed by atoms with E-state index in [0.29, 0.717) is 33.3 Å². The zero-order valence-corrected chi connectivity index (χ0v) is 57.4. The highest BCUT2D eigenvalue weighted by atomic mass is 35.5. The number of aliphatic hydroxyl groups excluding tert-OH is 5. The van der Waals surface area contributed by atoms with Crippen LogP contribution in [0.15, 0.2) is 101 Å². The third-order valence-corrected chi connectivity index (χ3v) is 20.2. The number of nitrogens with one attached hydrogen (secondary N) is 2. The first-order chi connectivity index (χ1) is 49.7. The lowest BCUT2D eigenvalue weighted by atomic mass is 10.2. The van der Waals surface area contributed by atoms with E-state index in [4.69, 9.17) is 67.0 Å². The number of phosphoric acid groups is 3. The van der Waals surface area contributed by atoms with Crippen molar-refractivity contribution in [2.75, 3.05) is 37.0 Å². The largest absolute Gasteiger partial charge is 0.490 e. The summed E-state index contributed by atoms with van der Waals surface area (Å²) in [5, 5.41) is 83.8. The number of anilines is 3. The Hall–Kier alpha value is -9.02. The van der Waals surface area contributed by atoms with E-state index in [1.807, 2.05) is 0 Å². The highest BCUT2D eigenvalue weighted by Gasteiger charge is 2.44. The lowest BCUT2D eigenvalue weighted by Crippen LogP contribution is -2.26. The summed E-state index contributed by atoms with van der Waals surface area (Å²) >= 11 is 6.32. The molecule has 3 aliphatic heterocycles. The summed E-state index contributed by atoms with van der Waals surface area (Å²) in [6.07, 6.45) is -3.22. The minimum absolute atomic E-state index is 0.0104. The molecular formula is C57H65ClN15O29P3. The minimum atomic E-state index is -5.75. The van der Waals surface area contributed by atoms with Crippen molar-refractivity contribution in [3.63, 3.8) is 0 Å². The molecule has 0 bridgehead atoms. The van der Waals surface area contributed by atoms with Crippen LogP contribution in [0.2, 0.25) is 5.15 Å². The first kappa shape index (κ1) is 78.6. The lowest BCUT2D eigenvalue weighted by Gasteiger charge is -2.19. The van der Waals surface area contributed by atoms with Crippen molar-refractivity contribution >= 4 is 103 Å². The third kappa shape index (κ3) is 19.0. The van der Waals surface area contributed by atoms with Crippen molar-refractivity contribution < 1.29 is 115 Å². The summed E-state index contributed by atoms with van der Waals surface area (Å²) in [6.45, 7) is -1.94. The van der Waals surface area contributed by atoms with Crippen LogP contribution in [0.5, 0.6) is 0 Å². The number of nitro benzene ring substituents is 3. The SMILES string of the molecule is Nc1nc(Cl)c2c(COCc3ccccc3[N+](=O)[O-])cn([C@H]3CC(O)[C@@H](CO)O3)c2n1.Nc1nc2c(c(COCc3ccccc3[N+](=O)[O-])cn2[C@H]2CC(O)[C@@H](CO)O2)c(=O)[nH]1.Nc1nc2c(c(COCc3ccccc3[N+](=O)[O-])cn2[C@H]2CC(O)[C@@H](COP(=O)(O)OP(=O)(O)OP(=O)(O)O)O2)c(=O)[nH]1. The number of phosphoric ester groups is 1. The van der Waals surface area contributed by atoms with Crippen LogP contribution in [-0.2, 0) is 94.9 Å². The number of hydrogen-bond acceptors (Lipinski definition) is 32. The number of rotatable bonds is 27. The monoisotopic (exact) mass is 1550 g/mol. The molecule has 44 nitrogen and oxygen atoms in total. The number of H-pyrrole nitrogens is 2. The molecule has 3 saturated heterocycles. The van der Waals surface area contributed by atoms with E-state index in [1.165, 1.54) is 41.1 Å². The molecule has 12 rings (SSSR count). The molecule has 17 N–H and O–H groups in total. The molecule has 5 unspecified atom stereocenters.